The predicted octanol–water partition coefficient (Wildman–Crippen LogP) is 3.83. The third-order valence-electron chi connectivity index (χ3n) is 5.86. The van der Waals surface area contributed by atoms with Gasteiger partial charge in [-0.2, -0.15) is 0 Å². The van der Waals surface area contributed by atoms with Crippen LogP contribution in [0.4, 0.5) is 5.69 Å². The Morgan fingerprint density at radius 1 is 1.07 bits per heavy atom. The van der Waals surface area contributed by atoms with Crippen LogP contribution in [0.15, 0.2) is 42.5 Å². The number of amides is 1. The normalized spacial score (nSPS) is 18.7. The average Bonchev–Trinajstić information content (AvgIpc) is 2.94. The van der Waals surface area contributed by atoms with E-state index < -0.39 is 0 Å². The Balaban J connectivity index is 1.48. The molecule has 2 aromatic carbocycles. The zero-order valence-electron chi connectivity index (χ0n) is 15.1. The number of nitrogens with two attached hydrogens (primary N) is 1. The fourth-order valence-electron chi connectivity index (χ4n) is 4.53. The lowest BCUT2D eigenvalue weighted by atomic mass is 9.74. The number of carbonyl (C=O) groups is 1. The number of piperidine rings is 1. The van der Waals surface area contributed by atoms with Gasteiger partial charge in [-0.1, -0.05) is 47.5 Å². The van der Waals surface area contributed by atoms with Crippen LogP contribution in [0.3, 0.4) is 0 Å². The van der Waals surface area contributed by atoms with E-state index in [4.69, 9.17) is 28.9 Å². The number of carbonyl (C=O) groups excluding carboxylic acids is 1. The molecule has 6 heteroatoms. The average molecular weight is 404 g/mol. The van der Waals surface area contributed by atoms with E-state index in [1.807, 2.05) is 24.3 Å². The number of hydrogen-bond donors (Lipinski definition) is 1. The first-order valence-corrected chi connectivity index (χ1v) is 10.0. The second kappa shape index (κ2) is 7.34. The Bertz CT molecular complexity index is 862. The minimum atomic E-state index is -0.279. The molecule has 0 atom stereocenters. The van der Waals surface area contributed by atoms with Crippen molar-refractivity contribution in [2.24, 2.45) is 5.73 Å². The van der Waals surface area contributed by atoms with Gasteiger partial charge in [0.25, 0.3) is 0 Å². The summed E-state index contributed by atoms with van der Waals surface area (Å²) in [6.07, 6.45) is 2.14. The van der Waals surface area contributed by atoms with Crippen LogP contribution in [-0.4, -0.2) is 37.0 Å². The highest BCUT2D eigenvalue weighted by molar-refractivity contribution is 6.42. The molecular formula is C21H23Cl2N3O. The number of primary amides is 1. The Morgan fingerprint density at radius 2 is 1.81 bits per heavy atom. The molecule has 4 rings (SSSR count). The van der Waals surface area contributed by atoms with Crippen LogP contribution in [0.5, 0.6) is 0 Å². The lowest BCUT2D eigenvalue weighted by Gasteiger charge is -2.40. The first kappa shape index (κ1) is 18.6. The van der Waals surface area contributed by atoms with Crippen LogP contribution in [0.2, 0.25) is 10.0 Å². The van der Waals surface area contributed by atoms with Gasteiger partial charge in [-0.25, -0.2) is 0 Å². The largest absolute Gasteiger partial charge is 0.368 e. The van der Waals surface area contributed by atoms with Crippen molar-refractivity contribution in [3.05, 3.63) is 63.6 Å². The molecule has 2 N–H and O–H groups in total. The van der Waals surface area contributed by atoms with Crippen molar-refractivity contribution in [2.75, 3.05) is 31.1 Å². The number of hydrogen-bond acceptors (Lipinski definition) is 3. The first-order valence-electron chi connectivity index (χ1n) is 9.26. The summed E-state index contributed by atoms with van der Waals surface area (Å²) in [5.74, 6) is -0.279. The van der Waals surface area contributed by atoms with Gasteiger partial charge in [0.1, 0.15) is 0 Å². The summed E-state index contributed by atoms with van der Waals surface area (Å²) in [4.78, 5) is 16.1. The van der Waals surface area contributed by atoms with Crippen molar-refractivity contribution in [1.82, 2.24) is 4.90 Å². The fraction of sp³-hybridized carbons (Fsp3) is 0.381. The van der Waals surface area contributed by atoms with Crippen molar-refractivity contribution >= 4 is 34.8 Å². The van der Waals surface area contributed by atoms with E-state index in [1.165, 1.54) is 11.1 Å². The van der Waals surface area contributed by atoms with Crippen molar-refractivity contribution in [3.63, 3.8) is 0 Å². The lowest BCUT2D eigenvalue weighted by molar-refractivity contribution is -0.116. The van der Waals surface area contributed by atoms with Gasteiger partial charge in [0.05, 0.1) is 16.6 Å². The molecule has 0 unspecified atom stereocenters. The first-order chi connectivity index (χ1) is 13.0. The summed E-state index contributed by atoms with van der Waals surface area (Å²) in [7, 11) is 0. The molecule has 142 valence electrons. The van der Waals surface area contributed by atoms with Gasteiger partial charge in [0.15, 0.2) is 0 Å². The third kappa shape index (κ3) is 3.66. The summed E-state index contributed by atoms with van der Waals surface area (Å²) in [5, 5.41) is 1.20. The van der Waals surface area contributed by atoms with E-state index in [0.29, 0.717) is 10.0 Å². The van der Waals surface area contributed by atoms with Gasteiger partial charge >= 0.3 is 0 Å². The van der Waals surface area contributed by atoms with Crippen LogP contribution in [-0.2, 0) is 16.8 Å². The second-order valence-corrected chi connectivity index (χ2v) is 8.46. The Hall–Kier alpha value is -1.75. The summed E-state index contributed by atoms with van der Waals surface area (Å²) >= 11 is 12.2. The molecule has 0 radical (unpaired) electrons. The summed E-state index contributed by atoms with van der Waals surface area (Å²) in [5.41, 5.74) is 9.29. The van der Waals surface area contributed by atoms with Crippen molar-refractivity contribution in [1.29, 1.82) is 0 Å². The van der Waals surface area contributed by atoms with E-state index >= 15 is 0 Å². The molecule has 0 aromatic heterocycles. The molecule has 1 saturated heterocycles. The molecular weight excluding hydrogens is 381 g/mol. The lowest BCUT2D eigenvalue weighted by Crippen LogP contribution is -2.45. The van der Waals surface area contributed by atoms with Crippen LogP contribution < -0.4 is 10.6 Å². The minimum Gasteiger partial charge on any atom is -0.368 e. The number of para-hydroxylation sites is 1. The van der Waals surface area contributed by atoms with Crippen LogP contribution in [0.25, 0.3) is 0 Å². The quantitative estimate of drug-likeness (QED) is 0.843. The molecule has 1 amide bonds. The molecule has 2 heterocycles. The summed E-state index contributed by atoms with van der Waals surface area (Å²) in [6.45, 7) is 4.05. The molecule has 1 spiro atoms. The molecule has 27 heavy (non-hydrogen) atoms. The molecule has 1 fully saturated rings. The van der Waals surface area contributed by atoms with Crippen molar-refractivity contribution in [2.45, 2.75) is 24.8 Å². The van der Waals surface area contributed by atoms with Gasteiger partial charge in [0, 0.05) is 24.2 Å². The standard InChI is InChI=1S/C21H23Cl2N3O/c22-17-6-5-15(11-18(17)23)12-25-9-7-21(8-10-25)14-26(13-20(24)27)19-4-2-1-3-16(19)21/h1-6,11H,7-10,12-14H2,(H2,24,27). The van der Waals surface area contributed by atoms with Crippen LogP contribution >= 0.6 is 23.2 Å². The van der Waals surface area contributed by atoms with Crippen molar-refractivity contribution in [3.8, 4) is 0 Å². The van der Waals surface area contributed by atoms with Crippen molar-refractivity contribution < 1.29 is 4.79 Å². The summed E-state index contributed by atoms with van der Waals surface area (Å²) in [6, 6.07) is 14.3. The molecule has 0 aliphatic carbocycles. The number of likely N-dealkylation sites (tertiary alicyclic amines) is 1. The van der Waals surface area contributed by atoms with Gasteiger partial charge < -0.3 is 10.6 Å². The molecule has 2 aliphatic heterocycles. The summed E-state index contributed by atoms with van der Waals surface area (Å²) < 4.78 is 0. The van der Waals surface area contributed by atoms with E-state index in [2.05, 4.69) is 28.0 Å². The number of benzene rings is 2. The third-order valence-corrected chi connectivity index (χ3v) is 6.60. The van der Waals surface area contributed by atoms with Gasteiger partial charge in [0.2, 0.25) is 5.91 Å². The number of fused-ring (bicyclic) bond motifs is 2. The Labute approximate surface area is 169 Å². The Morgan fingerprint density at radius 3 is 2.52 bits per heavy atom. The maximum absolute atomic E-state index is 11.5. The Kier molecular flexibility index (Phi) is 5.06. The highest BCUT2D eigenvalue weighted by Gasteiger charge is 2.44. The van der Waals surface area contributed by atoms with Crippen LogP contribution in [0, 0.1) is 0 Å². The maximum atomic E-state index is 11.5. The van der Waals surface area contributed by atoms with E-state index in [1.54, 1.807) is 0 Å². The number of rotatable bonds is 4. The highest BCUT2D eigenvalue weighted by atomic mass is 35.5. The highest BCUT2D eigenvalue weighted by Crippen LogP contribution is 2.46. The van der Waals surface area contributed by atoms with E-state index in [-0.39, 0.29) is 17.9 Å². The fourth-order valence-corrected chi connectivity index (χ4v) is 4.85. The SMILES string of the molecule is NC(=O)CN1CC2(CCN(Cc3ccc(Cl)c(Cl)c3)CC2)c2ccccc21. The molecule has 0 saturated carbocycles. The molecule has 2 aromatic rings. The smallest absolute Gasteiger partial charge is 0.236 e. The maximum Gasteiger partial charge on any atom is 0.236 e. The van der Waals surface area contributed by atoms with Gasteiger partial charge in [-0.05, 0) is 55.3 Å². The number of nitrogens with zero attached hydrogens (tertiary/aromatic N) is 2. The van der Waals surface area contributed by atoms with E-state index in [9.17, 15) is 4.79 Å². The zero-order valence-corrected chi connectivity index (χ0v) is 16.6. The number of halogens is 2. The molecule has 2 aliphatic rings. The zero-order chi connectivity index (χ0) is 19.0. The molecule has 4 nitrogen and oxygen atoms in total. The van der Waals surface area contributed by atoms with E-state index in [0.717, 1.165) is 44.7 Å². The molecule has 0 bridgehead atoms. The minimum absolute atomic E-state index is 0.111. The second-order valence-electron chi connectivity index (χ2n) is 7.64. The van der Waals surface area contributed by atoms with Crippen LogP contribution in [0.1, 0.15) is 24.0 Å². The number of anilines is 1. The monoisotopic (exact) mass is 403 g/mol. The van der Waals surface area contributed by atoms with Gasteiger partial charge in [-0.15, -0.1) is 0 Å². The van der Waals surface area contributed by atoms with Gasteiger partial charge in [-0.3, -0.25) is 9.69 Å². The predicted molar refractivity (Wildman–Crippen MR) is 111 cm³/mol. The topological polar surface area (TPSA) is 49.6 Å².